The highest BCUT2D eigenvalue weighted by Gasteiger charge is 2.30. The van der Waals surface area contributed by atoms with Crippen molar-refractivity contribution in [2.75, 3.05) is 12.0 Å². The molecule has 0 spiro atoms. The molecule has 0 radical (unpaired) electrons. The molecule has 2 saturated carbocycles. The van der Waals surface area contributed by atoms with Gasteiger partial charge in [0.05, 0.1) is 18.2 Å². The average molecular weight is 330 g/mol. The molecule has 2 rings (SSSR count). The van der Waals surface area contributed by atoms with Gasteiger partial charge in [-0.25, -0.2) is 4.79 Å². The summed E-state index contributed by atoms with van der Waals surface area (Å²) < 4.78 is 17.4. The summed E-state index contributed by atoms with van der Waals surface area (Å²) in [6, 6.07) is -0.137. The summed E-state index contributed by atoms with van der Waals surface area (Å²) in [6.07, 6.45) is 11.4. The lowest BCUT2D eigenvalue weighted by Crippen LogP contribution is -2.52. The van der Waals surface area contributed by atoms with Crippen molar-refractivity contribution in [2.24, 2.45) is 0 Å². The van der Waals surface area contributed by atoms with Crippen molar-refractivity contribution in [3.63, 3.8) is 0 Å². The van der Waals surface area contributed by atoms with Crippen LogP contribution in [0.25, 0.3) is 0 Å². The molecule has 0 bridgehead atoms. The number of hydrogen-bond donors (Lipinski definition) is 2. The fraction of sp³-hybridized carbons (Fsp3) is 0.938. The van der Waals surface area contributed by atoms with E-state index in [1.54, 1.807) is 6.26 Å². The molecule has 5 nitrogen and oxygen atoms in total. The van der Waals surface area contributed by atoms with Crippen LogP contribution in [0, 0.1) is 0 Å². The normalized spacial score (nSPS) is 29.0. The molecule has 128 valence electrons. The standard InChI is InChI=1S/C16H30N2O3S/c1-12(11-22(2)20)17-16(19)18-14-9-5-6-10-15(14)21-13-7-3-4-8-13/h12-15H,3-11H2,1-2H3,(H2,17,18,19)/t12-,14+,15-,22+/m1/s1. The number of rotatable bonds is 6. The van der Waals surface area contributed by atoms with Crippen LogP contribution in [-0.4, -0.2) is 46.5 Å². The first-order valence-electron chi connectivity index (χ1n) is 8.57. The van der Waals surface area contributed by atoms with Crippen LogP contribution >= 0.6 is 0 Å². The van der Waals surface area contributed by atoms with E-state index in [-0.39, 0.29) is 24.2 Å². The number of carbonyl (C=O) groups is 1. The molecular weight excluding hydrogens is 300 g/mol. The number of urea groups is 1. The fourth-order valence-electron chi connectivity index (χ4n) is 3.52. The third-order valence-electron chi connectivity index (χ3n) is 4.55. The number of carbonyl (C=O) groups excluding carboxylic acids is 1. The van der Waals surface area contributed by atoms with Gasteiger partial charge in [0.1, 0.15) is 0 Å². The Morgan fingerprint density at radius 1 is 1.18 bits per heavy atom. The molecule has 2 fully saturated rings. The summed E-state index contributed by atoms with van der Waals surface area (Å²) in [7, 11) is -0.896. The van der Waals surface area contributed by atoms with Gasteiger partial charge in [0.15, 0.2) is 0 Å². The van der Waals surface area contributed by atoms with E-state index in [1.807, 2.05) is 6.92 Å². The summed E-state index contributed by atoms with van der Waals surface area (Å²) in [6.45, 7) is 1.88. The monoisotopic (exact) mass is 330 g/mol. The predicted molar refractivity (Wildman–Crippen MR) is 89.4 cm³/mol. The van der Waals surface area contributed by atoms with E-state index in [0.717, 1.165) is 32.1 Å². The zero-order valence-corrected chi connectivity index (χ0v) is 14.6. The molecule has 4 atom stereocenters. The van der Waals surface area contributed by atoms with Crippen LogP contribution in [0.5, 0.6) is 0 Å². The lowest BCUT2D eigenvalue weighted by atomic mass is 9.92. The van der Waals surface area contributed by atoms with Crippen molar-refractivity contribution in [3.8, 4) is 0 Å². The van der Waals surface area contributed by atoms with Crippen molar-refractivity contribution in [2.45, 2.75) is 82.6 Å². The Balaban J connectivity index is 1.79. The number of amides is 2. The maximum Gasteiger partial charge on any atom is 0.315 e. The van der Waals surface area contributed by atoms with Crippen LogP contribution in [0.4, 0.5) is 4.79 Å². The Labute approximate surface area is 136 Å². The summed E-state index contributed by atoms with van der Waals surface area (Å²) in [4.78, 5) is 12.1. The van der Waals surface area contributed by atoms with Gasteiger partial charge in [-0.1, -0.05) is 25.7 Å². The molecule has 0 unspecified atom stereocenters. The Hall–Kier alpha value is -0.620. The third kappa shape index (κ3) is 5.88. The van der Waals surface area contributed by atoms with E-state index in [0.29, 0.717) is 11.9 Å². The van der Waals surface area contributed by atoms with Crippen LogP contribution in [0.3, 0.4) is 0 Å². The molecule has 0 aliphatic heterocycles. The number of hydrogen-bond acceptors (Lipinski definition) is 3. The van der Waals surface area contributed by atoms with Crippen molar-refractivity contribution < 1.29 is 13.7 Å². The SMILES string of the molecule is C[C@H](C[S@](C)=O)NC(=O)N[C@H]1CCCC[C@H]1OC1CCCC1. The molecule has 2 N–H and O–H groups in total. The second-order valence-electron chi connectivity index (χ2n) is 6.73. The van der Waals surface area contributed by atoms with Crippen LogP contribution < -0.4 is 10.6 Å². The highest BCUT2D eigenvalue weighted by molar-refractivity contribution is 7.84. The Morgan fingerprint density at radius 3 is 2.50 bits per heavy atom. The molecule has 0 saturated heterocycles. The lowest BCUT2D eigenvalue weighted by molar-refractivity contribution is -0.0410. The minimum atomic E-state index is -0.896. The van der Waals surface area contributed by atoms with Crippen molar-refractivity contribution >= 4 is 16.8 Å². The highest BCUT2D eigenvalue weighted by Crippen LogP contribution is 2.28. The van der Waals surface area contributed by atoms with Gasteiger partial charge >= 0.3 is 6.03 Å². The average Bonchev–Trinajstić information content (AvgIpc) is 2.92. The zero-order chi connectivity index (χ0) is 15.9. The van der Waals surface area contributed by atoms with Crippen molar-refractivity contribution in [1.82, 2.24) is 10.6 Å². The Kier molecular flexibility index (Phi) is 7.15. The summed E-state index contributed by atoms with van der Waals surface area (Å²) in [5.41, 5.74) is 0. The van der Waals surface area contributed by atoms with Gasteiger partial charge in [-0.05, 0) is 32.6 Å². The van der Waals surface area contributed by atoms with Gasteiger partial charge in [-0.15, -0.1) is 0 Å². The Bertz CT molecular complexity index is 386. The first kappa shape index (κ1) is 17.7. The Morgan fingerprint density at radius 2 is 1.82 bits per heavy atom. The van der Waals surface area contributed by atoms with Gasteiger partial charge in [0.2, 0.25) is 0 Å². The van der Waals surface area contributed by atoms with Gasteiger partial charge in [0.25, 0.3) is 0 Å². The summed E-state index contributed by atoms with van der Waals surface area (Å²) in [5.74, 6) is 0.486. The third-order valence-corrected chi connectivity index (χ3v) is 5.52. The maximum atomic E-state index is 12.1. The molecule has 6 heteroatoms. The second-order valence-corrected chi connectivity index (χ2v) is 8.21. The summed E-state index contributed by atoms with van der Waals surface area (Å²) >= 11 is 0. The van der Waals surface area contributed by atoms with Crippen molar-refractivity contribution in [1.29, 1.82) is 0 Å². The van der Waals surface area contributed by atoms with Crippen LogP contribution in [0.15, 0.2) is 0 Å². The van der Waals surface area contributed by atoms with Crippen LogP contribution in [-0.2, 0) is 15.5 Å². The minimum absolute atomic E-state index is 0.0800. The fourth-order valence-corrected chi connectivity index (χ4v) is 4.31. The van der Waals surface area contributed by atoms with E-state index >= 15 is 0 Å². The van der Waals surface area contributed by atoms with E-state index in [9.17, 15) is 9.00 Å². The molecule has 0 aromatic carbocycles. The van der Waals surface area contributed by atoms with E-state index < -0.39 is 10.8 Å². The highest BCUT2D eigenvalue weighted by atomic mass is 32.2. The quantitative estimate of drug-likeness (QED) is 0.785. The van der Waals surface area contributed by atoms with Crippen LogP contribution in [0.1, 0.15) is 58.3 Å². The molecule has 2 amide bonds. The van der Waals surface area contributed by atoms with Gasteiger partial charge in [0, 0.05) is 28.9 Å². The second kappa shape index (κ2) is 8.87. The first-order valence-corrected chi connectivity index (χ1v) is 10.3. The molecule has 0 aromatic rings. The lowest BCUT2D eigenvalue weighted by Gasteiger charge is -2.34. The smallest absolute Gasteiger partial charge is 0.315 e. The summed E-state index contributed by atoms with van der Waals surface area (Å²) in [5, 5.41) is 5.95. The van der Waals surface area contributed by atoms with E-state index in [1.165, 1.54) is 19.3 Å². The topological polar surface area (TPSA) is 67.4 Å². The molecule has 2 aliphatic carbocycles. The van der Waals surface area contributed by atoms with Gasteiger partial charge < -0.3 is 15.4 Å². The molecule has 0 aromatic heterocycles. The van der Waals surface area contributed by atoms with E-state index in [4.69, 9.17) is 4.74 Å². The first-order chi connectivity index (χ1) is 10.5. The van der Waals surface area contributed by atoms with Crippen LogP contribution in [0.2, 0.25) is 0 Å². The largest absolute Gasteiger partial charge is 0.373 e. The zero-order valence-electron chi connectivity index (χ0n) is 13.8. The minimum Gasteiger partial charge on any atom is -0.373 e. The van der Waals surface area contributed by atoms with Gasteiger partial charge in [-0.3, -0.25) is 4.21 Å². The molecule has 0 heterocycles. The maximum absolute atomic E-state index is 12.1. The number of ether oxygens (including phenoxy) is 1. The van der Waals surface area contributed by atoms with Gasteiger partial charge in [-0.2, -0.15) is 0 Å². The van der Waals surface area contributed by atoms with Crippen molar-refractivity contribution in [3.05, 3.63) is 0 Å². The molecule has 22 heavy (non-hydrogen) atoms. The predicted octanol–water partition coefficient (Wildman–Crippen LogP) is 2.32. The number of nitrogens with one attached hydrogen (secondary N) is 2. The molecule has 2 aliphatic rings. The molecular formula is C16H30N2O3S. The van der Waals surface area contributed by atoms with E-state index in [2.05, 4.69) is 10.6 Å².